The Labute approximate surface area is 130 Å². The lowest BCUT2D eigenvalue weighted by molar-refractivity contribution is 0.0698. The van der Waals surface area contributed by atoms with Crippen LogP contribution >= 0.6 is 0 Å². The van der Waals surface area contributed by atoms with E-state index in [4.69, 9.17) is 11.5 Å². The summed E-state index contributed by atoms with van der Waals surface area (Å²) >= 11 is 0. The summed E-state index contributed by atoms with van der Waals surface area (Å²) in [6.07, 6.45) is 2.71. The summed E-state index contributed by atoms with van der Waals surface area (Å²) < 4.78 is 1.94. The number of nitrogens with zero attached hydrogens (tertiary/aromatic N) is 1. The van der Waals surface area contributed by atoms with Gasteiger partial charge in [-0.15, -0.1) is 0 Å². The Morgan fingerprint density at radius 1 is 1.23 bits per heavy atom. The smallest absolute Gasteiger partial charge is 0.337 e. The number of carboxylic acid groups (broad SMARTS) is 1. The highest BCUT2D eigenvalue weighted by Gasteiger charge is 2.22. The van der Waals surface area contributed by atoms with E-state index in [2.05, 4.69) is 26.8 Å². The van der Waals surface area contributed by atoms with E-state index in [9.17, 15) is 9.90 Å². The second-order valence-corrected chi connectivity index (χ2v) is 6.65. The standard InChI is InChI=1S/C17H25N3O2/c1-17(2,3)12-8-13-11(4-5-18)10-20(7-6-19)15(13)14(9-12)16(21)22/h8-10H,4-7,18-19H2,1-3H3,(H,21,22). The molecular formula is C17H25N3O2. The van der Waals surface area contributed by atoms with Crippen LogP contribution in [-0.4, -0.2) is 28.7 Å². The first-order valence-corrected chi connectivity index (χ1v) is 7.59. The highest BCUT2D eigenvalue weighted by Crippen LogP contribution is 2.32. The van der Waals surface area contributed by atoms with Crippen LogP contribution in [0.25, 0.3) is 10.9 Å². The van der Waals surface area contributed by atoms with E-state index >= 15 is 0 Å². The van der Waals surface area contributed by atoms with Crippen molar-refractivity contribution >= 4 is 16.9 Å². The molecule has 2 rings (SSSR count). The highest BCUT2D eigenvalue weighted by molar-refractivity contribution is 6.04. The van der Waals surface area contributed by atoms with Crippen LogP contribution in [0.5, 0.6) is 0 Å². The molecule has 5 N–H and O–H groups in total. The second-order valence-electron chi connectivity index (χ2n) is 6.65. The van der Waals surface area contributed by atoms with Crippen LogP contribution in [-0.2, 0) is 18.4 Å². The molecule has 0 aliphatic carbocycles. The minimum absolute atomic E-state index is 0.117. The maximum Gasteiger partial charge on any atom is 0.337 e. The van der Waals surface area contributed by atoms with Crippen LogP contribution in [0.4, 0.5) is 0 Å². The molecule has 0 aliphatic rings. The molecule has 0 unspecified atom stereocenters. The molecule has 2 aromatic rings. The Morgan fingerprint density at radius 2 is 1.91 bits per heavy atom. The summed E-state index contributed by atoms with van der Waals surface area (Å²) in [5.74, 6) is -0.910. The van der Waals surface area contributed by atoms with Gasteiger partial charge in [0.1, 0.15) is 0 Å². The van der Waals surface area contributed by atoms with Crippen LogP contribution in [0.15, 0.2) is 18.3 Å². The van der Waals surface area contributed by atoms with Gasteiger partial charge in [0.05, 0.1) is 11.1 Å². The Balaban J connectivity index is 2.83. The zero-order chi connectivity index (χ0) is 16.5. The van der Waals surface area contributed by atoms with E-state index < -0.39 is 5.97 Å². The van der Waals surface area contributed by atoms with Crippen molar-refractivity contribution in [3.8, 4) is 0 Å². The van der Waals surface area contributed by atoms with E-state index in [0.29, 0.717) is 25.2 Å². The number of aromatic nitrogens is 1. The molecule has 0 saturated carbocycles. The molecule has 1 aromatic carbocycles. The number of rotatable bonds is 5. The molecule has 0 bridgehead atoms. The molecule has 120 valence electrons. The third-order valence-electron chi connectivity index (χ3n) is 3.93. The van der Waals surface area contributed by atoms with E-state index in [0.717, 1.165) is 28.5 Å². The largest absolute Gasteiger partial charge is 0.478 e. The molecule has 0 saturated heterocycles. The zero-order valence-electron chi connectivity index (χ0n) is 13.5. The Morgan fingerprint density at radius 3 is 2.41 bits per heavy atom. The summed E-state index contributed by atoms with van der Waals surface area (Å²) in [6.45, 7) is 7.84. The van der Waals surface area contributed by atoms with E-state index in [1.807, 2.05) is 10.8 Å². The molecule has 1 heterocycles. The SMILES string of the molecule is CC(C)(C)c1cc(C(=O)O)c2c(c1)c(CCN)cn2CCN. The number of carbonyl (C=O) groups is 1. The fourth-order valence-electron chi connectivity index (χ4n) is 2.78. The minimum Gasteiger partial charge on any atom is -0.478 e. The average Bonchev–Trinajstić information content (AvgIpc) is 2.76. The normalized spacial score (nSPS) is 12.0. The fraction of sp³-hybridized carbons (Fsp3) is 0.471. The van der Waals surface area contributed by atoms with Crippen LogP contribution in [0.3, 0.4) is 0 Å². The lowest BCUT2D eigenvalue weighted by Crippen LogP contribution is -2.14. The molecule has 0 aliphatic heterocycles. The predicted molar refractivity (Wildman–Crippen MR) is 89.4 cm³/mol. The molecular weight excluding hydrogens is 278 g/mol. The topological polar surface area (TPSA) is 94.3 Å². The van der Waals surface area contributed by atoms with Gasteiger partial charge in [0.2, 0.25) is 0 Å². The van der Waals surface area contributed by atoms with Crippen molar-refractivity contribution in [2.75, 3.05) is 13.1 Å². The summed E-state index contributed by atoms with van der Waals surface area (Å²) in [5.41, 5.74) is 14.4. The Hall–Kier alpha value is -1.85. The quantitative estimate of drug-likeness (QED) is 0.788. The van der Waals surface area contributed by atoms with E-state index in [1.165, 1.54) is 0 Å². The van der Waals surface area contributed by atoms with Crippen molar-refractivity contribution in [2.45, 2.75) is 39.2 Å². The van der Waals surface area contributed by atoms with Gasteiger partial charge in [0, 0.05) is 24.7 Å². The van der Waals surface area contributed by atoms with Crippen molar-refractivity contribution in [1.82, 2.24) is 4.57 Å². The molecule has 22 heavy (non-hydrogen) atoms. The van der Waals surface area contributed by atoms with Crippen molar-refractivity contribution in [2.24, 2.45) is 11.5 Å². The lowest BCUT2D eigenvalue weighted by atomic mass is 9.85. The van der Waals surface area contributed by atoms with Gasteiger partial charge in [0.25, 0.3) is 0 Å². The maximum absolute atomic E-state index is 11.7. The Kier molecular flexibility index (Phi) is 4.58. The van der Waals surface area contributed by atoms with Crippen molar-refractivity contribution < 1.29 is 9.90 Å². The predicted octanol–water partition coefficient (Wildman–Crippen LogP) is 2.10. The van der Waals surface area contributed by atoms with Crippen LogP contribution in [0.2, 0.25) is 0 Å². The third-order valence-corrected chi connectivity index (χ3v) is 3.93. The first-order chi connectivity index (χ1) is 10.3. The van der Waals surface area contributed by atoms with Crippen molar-refractivity contribution in [3.63, 3.8) is 0 Å². The van der Waals surface area contributed by atoms with E-state index in [1.54, 1.807) is 6.07 Å². The number of aromatic carboxylic acids is 1. The summed E-state index contributed by atoms with van der Waals surface area (Å²) in [4.78, 5) is 11.7. The zero-order valence-corrected chi connectivity index (χ0v) is 13.5. The molecule has 0 atom stereocenters. The number of hydrogen-bond donors (Lipinski definition) is 3. The van der Waals surface area contributed by atoms with Gasteiger partial charge in [-0.3, -0.25) is 0 Å². The van der Waals surface area contributed by atoms with Crippen molar-refractivity contribution in [3.05, 3.63) is 35.0 Å². The lowest BCUT2D eigenvalue weighted by Gasteiger charge is -2.20. The van der Waals surface area contributed by atoms with Gasteiger partial charge >= 0.3 is 5.97 Å². The second kappa shape index (κ2) is 6.10. The third kappa shape index (κ3) is 3.00. The van der Waals surface area contributed by atoms with Crippen LogP contribution < -0.4 is 11.5 Å². The van der Waals surface area contributed by atoms with Gasteiger partial charge in [0.15, 0.2) is 0 Å². The Bertz CT molecular complexity index is 696. The van der Waals surface area contributed by atoms with Gasteiger partial charge in [-0.25, -0.2) is 4.79 Å². The molecule has 0 amide bonds. The van der Waals surface area contributed by atoms with E-state index in [-0.39, 0.29) is 5.41 Å². The monoisotopic (exact) mass is 303 g/mol. The first kappa shape index (κ1) is 16.5. The minimum atomic E-state index is -0.910. The number of benzene rings is 1. The molecule has 5 nitrogen and oxygen atoms in total. The first-order valence-electron chi connectivity index (χ1n) is 7.59. The molecule has 0 fully saturated rings. The number of fused-ring (bicyclic) bond motifs is 1. The summed E-state index contributed by atoms with van der Waals surface area (Å²) in [5, 5.41) is 10.6. The number of nitrogens with two attached hydrogens (primary N) is 2. The molecule has 5 heteroatoms. The number of hydrogen-bond acceptors (Lipinski definition) is 3. The molecule has 0 radical (unpaired) electrons. The molecule has 0 spiro atoms. The van der Waals surface area contributed by atoms with Gasteiger partial charge in [-0.2, -0.15) is 0 Å². The average molecular weight is 303 g/mol. The van der Waals surface area contributed by atoms with Crippen LogP contribution in [0, 0.1) is 0 Å². The van der Waals surface area contributed by atoms with Crippen molar-refractivity contribution in [1.29, 1.82) is 0 Å². The highest BCUT2D eigenvalue weighted by atomic mass is 16.4. The maximum atomic E-state index is 11.7. The van der Waals surface area contributed by atoms with Crippen LogP contribution in [0.1, 0.15) is 42.3 Å². The summed E-state index contributed by atoms with van der Waals surface area (Å²) in [6, 6.07) is 3.88. The van der Waals surface area contributed by atoms with Gasteiger partial charge in [-0.05, 0) is 41.6 Å². The fourth-order valence-corrected chi connectivity index (χ4v) is 2.78. The summed E-state index contributed by atoms with van der Waals surface area (Å²) in [7, 11) is 0. The number of carboxylic acids is 1. The van der Waals surface area contributed by atoms with Gasteiger partial charge in [-0.1, -0.05) is 20.8 Å². The molecule has 1 aromatic heterocycles. The van der Waals surface area contributed by atoms with Gasteiger partial charge < -0.3 is 21.1 Å².